The minimum absolute atomic E-state index is 0.131. The van der Waals surface area contributed by atoms with E-state index >= 15 is 0 Å². The molecule has 0 saturated carbocycles. The van der Waals surface area contributed by atoms with Crippen LogP contribution in [0.5, 0.6) is 5.75 Å². The van der Waals surface area contributed by atoms with E-state index in [4.69, 9.17) is 4.74 Å². The summed E-state index contributed by atoms with van der Waals surface area (Å²) in [6.45, 7) is 4.03. The fourth-order valence-electron chi connectivity index (χ4n) is 2.37. The Kier molecular flexibility index (Phi) is 4.78. The van der Waals surface area contributed by atoms with E-state index in [-0.39, 0.29) is 12.4 Å². The quantitative estimate of drug-likeness (QED) is 0.928. The van der Waals surface area contributed by atoms with E-state index in [0.717, 1.165) is 19.2 Å². The number of alkyl halides is 3. The Balaban J connectivity index is 1.85. The molecule has 2 rings (SSSR count). The van der Waals surface area contributed by atoms with E-state index in [1.807, 2.05) is 0 Å². The average Bonchev–Trinajstić information content (AvgIpc) is 2.40. The maximum atomic E-state index is 12.8. The highest BCUT2D eigenvalue weighted by atomic mass is 19.4. The van der Waals surface area contributed by atoms with Gasteiger partial charge in [0.15, 0.2) is 0 Å². The van der Waals surface area contributed by atoms with Gasteiger partial charge in [-0.2, -0.15) is 13.2 Å². The van der Waals surface area contributed by atoms with Crippen molar-refractivity contribution in [1.29, 1.82) is 0 Å². The number of halogens is 3. The second kappa shape index (κ2) is 6.23. The Morgan fingerprint density at radius 3 is 2.48 bits per heavy atom. The number of nitrogens with zero attached hydrogens (tertiary/aromatic N) is 1. The summed E-state index contributed by atoms with van der Waals surface area (Å²) in [6, 6.07) is 5.24. The van der Waals surface area contributed by atoms with Crippen LogP contribution in [0.4, 0.5) is 13.2 Å². The van der Waals surface area contributed by atoms with Crippen molar-refractivity contribution in [2.24, 2.45) is 0 Å². The fraction of sp³-hybridized carbons (Fsp3) is 0.600. The highest BCUT2D eigenvalue weighted by Crippen LogP contribution is 2.35. The molecule has 1 N–H and O–H groups in total. The summed E-state index contributed by atoms with van der Waals surface area (Å²) in [7, 11) is 0. The number of ether oxygens (including phenoxy) is 1. The second-order valence-electron chi connectivity index (χ2n) is 5.68. The number of likely N-dealkylation sites (tertiary alicyclic amines) is 1. The van der Waals surface area contributed by atoms with Gasteiger partial charge in [-0.05, 0) is 31.9 Å². The molecule has 0 atom stereocenters. The van der Waals surface area contributed by atoms with Gasteiger partial charge in [0.05, 0.1) is 11.2 Å². The highest BCUT2D eigenvalue weighted by Gasteiger charge is 2.34. The van der Waals surface area contributed by atoms with Crippen LogP contribution < -0.4 is 4.74 Å². The zero-order chi connectivity index (χ0) is 15.5. The zero-order valence-electron chi connectivity index (χ0n) is 12.0. The molecule has 0 bridgehead atoms. The van der Waals surface area contributed by atoms with Crippen LogP contribution in [0.25, 0.3) is 0 Å². The summed E-state index contributed by atoms with van der Waals surface area (Å²) >= 11 is 0. The number of hydrogen-bond acceptors (Lipinski definition) is 3. The first-order chi connectivity index (χ1) is 9.78. The average molecular weight is 303 g/mol. The minimum atomic E-state index is -4.40. The summed E-state index contributed by atoms with van der Waals surface area (Å²) in [6.07, 6.45) is -3.06. The van der Waals surface area contributed by atoms with Crippen molar-refractivity contribution in [3.8, 4) is 5.75 Å². The van der Waals surface area contributed by atoms with Gasteiger partial charge < -0.3 is 9.84 Å². The van der Waals surface area contributed by atoms with E-state index in [1.54, 1.807) is 6.92 Å². The molecule has 0 aromatic heterocycles. The Hall–Kier alpha value is -1.27. The summed E-state index contributed by atoms with van der Waals surface area (Å²) in [5.74, 6) is -0.131. The van der Waals surface area contributed by atoms with Gasteiger partial charge in [-0.25, -0.2) is 0 Å². The Morgan fingerprint density at radius 2 is 1.86 bits per heavy atom. The van der Waals surface area contributed by atoms with E-state index in [2.05, 4.69) is 4.90 Å². The molecule has 0 unspecified atom stereocenters. The topological polar surface area (TPSA) is 32.7 Å². The standard InChI is InChI=1S/C15H20F3NO2/c1-14(20)6-8-19(9-7-14)10-11-21-13-5-3-2-4-12(13)15(16,17)18/h2-5,20H,6-11H2,1H3. The second-order valence-corrected chi connectivity index (χ2v) is 5.68. The van der Waals surface area contributed by atoms with Gasteiger partial charge in [-0.3, -0.25) is 4.90 Å². The van der Waals surface area contributed by atoms with E-state index < -0.39 is 17.3 Å². The molecule has 6 heteroatoms. The predicted octanol–water partition coefficient (Wildman–Crippen LogP) is 2.93. The van der Waals surface area contributed by atoms with Crippen molar-refractivity contribution in [3.63, 3.8) is 0 Å². The Bertz CT molecular complexity index is 464. The van der Waals surface area contributed by atoms with E-state index in [9.17, 15) is 18.3 Å². The zero-order valence-corrected chi connectivity index (χ0v) is 12.0. The first-order valence-electron chi connectivity index (χ1n) is 7.02. The third kappa shape index (κ3) is 4.61. The van der Waals surface area contributed by atoms with Gasteiger partial charge in [0.25, 0.3) is 0 Å². The fourth-order valence-corrected chi connectivity index (χ4v) is 2.37. The molecule has 1 heterocycles. The maximum absolute atomic E-state index is 12.8. The molecule has 1 aliphatic heterocycles. The molecule has 1 aromatic carbocycles. The third-order valence-electron chi connectivity index (χ3n) is 3.79. The van der Waals surface area contributed by atoms with E-state index in [0.29, 0.717) is 19.4 Å². The molecule has 1 aliphatic rings. The largest absolute Gasteiger partial charge is 0.492 e. The molecular weight excluding hydrogens is 283 g/mol. The lowest BCUT2D eigenvalue weighted by molar-refractivity contribution is -0.139. The molecule has 0 radical (unpaired) electrons. The number of aliphatic hydroxyl groups is 1. The van der Waals surface area contributed by atoms with Crippen LogP contribution in [0, 0.1) is 0 Å². The first kappa shape index (κ1) is 16.1. The van der Waals surface area contributed by atoms with Gasteiger partial charge >= 0.3 is 6.18 Å². The van der Waals surface area contributed by atoms with Gasteiger partial charge in [-0.1, -0.05) is 12.1 Å². The van der Waals surface area contributed by atoms with Gasteiger partial charge in [0, 0.05) is 19.6 Å². The molecule has 1 fully saturated rings. The third-order valence-corrected chi connectivity index (χ3v) is 3.79. The van der Waals surface area contributed by atoms with Crippen molar-refractivity contribution in [3.05, 3.63) is 29.8 Å². The molecular formula is C15H20F3NO2. The van der Waals surface area contributed by atoms with Crippen molar-refractivity contribution in [2.75, 3.05) is 26.2 Å². The molecule has 1 aromatic rings. The Labute approximate surface area is 122 Å². The monoisotopic (exact) mass is 303 g/mol. The molecule has 0 amide bonds. The summed E-state index contributed by atoms with van der Waals surface area (Å²) in [5, 5.41) is 9.84. The highest BCUT2D eigenvalue weighted by molar-refractivity contribution is 5.35. The van der Waals surface area contributed by atoms with Crippen LogP contribution in [-0.2, 0) is 6.18 Å². The van der Waals surface area contributed by atoms with Gasteiger partial charge in [0.2, 0.25) is 0 Å². The van der Waals surface area contributed by atoms with Gasteiger partial charge in [-0.15, -0.1) is 0 Å². The smallest absolute Gasteiger partial charge is 0.419 e. The van der Waals surface area contributed by atoms with Crippen molar-refractivity contribution in [2.45, 2.75) is 31.5 Å². The van der Waals surface area contributed by atoms with Crippen LogP contribution in [-0.4, -0.2) is 41.8 Å². The van der Waals surface area contributed by atoms with Crippen LogP contribution in [0.1, 0.15) is 25.3 Å². The lowest BCUT2D eigenvalue weighted by atomic mass is 9.94. The molecule has 3 nitrogen and oxygen atoms in total. The SMILES string of the molecule is CC1(O)CCN(CCOc2ccccc2C(F)(F)F)CC1. The van der Waals surface area contributed by atoms with E-state index in [1.165, 1.54) is 18.2 Å². The Morgan fingerprint density at radius 1 is 1.24 bits per heavy atom. The van der Waals surface area contributed by atoms with Crippen molar-refractivity contribution in [1.82, 2.24) is 4.90 Å². The molecule has 118 valence electrons. The normalized spacial score (nSPS) is 19.5. The molecule has 1 saturated heterocycles. The van der Waals surface area contributed by atoms with Crippen LogP contribution in [0.15, 0.2) is 24.3 Å². The van der Waals surface area contributed by atoms with Crippen molar-refractivity contribution >= 4 is 0 Å². The summed E-state index contributed by atoms with van der Waals surface area (Å²) in [5.41, 5.74) is -1.37. The van der Waals surface area contributed by atoms with Crippen molar-refractivity contribution < 1.29 is 23.0 Å². The molecule has 21 heavy (non-hydrogen) atoms. The number of rotatable bonds is 4. The minimum Gasteiger partial charge on any atom is -0.492 e. The number of piperidine rings is 1. The lowest BCUT2D eigenvalue weighted by Gasteiger charge is -2.35. The molecule has 0 aliphatic carbocycles. The molecule has 0 spiro atoms. The predicted molar refractivity (Wildman–Crippen MR) is 73.2 cm³/mol. The van der Waals surface area contributed by atoms with Crippen LogP contribution in [0.3, 0.4) is 0 Å². The van der Waals surface area contributed by atoms with Gasteiger partial charge in [0.1, 0.15) is 12.4 Å². The summed E-state index contributed by atoms with van der Waals surface area (Å²) < 4.78 is 43.7. The van der Waals surface area contributed by atoms with Crippen LogP contribution in [0.2, 0.25) is 0 Å². The van der Waals surface area contributed by atoms with Crippen LogP contribution >= 0.6 is 0 Å². The number of para-hydroxylation sites is 1. The summed E-state index contributed by atoms with van der Waals surface area (Å²) in [4.78, 5) is 2.09. The first-order valence-corrected chi connectivity index (χ1v) is 7.02. The number of benzene rings is 1. The lowest BCUT2D eigenvalue weighted by Crippen LogP contribution is -2.43. The maximum Gasteiger partial charge on any atom is 0.419 e. The number of hydrogen-bond donors (Lipinski definition) is 1.